The number of carbonyl (C=O) groups is 4. The molecular formula is C25H30N2O7. The maximum Gasteiger partial charge on any atom is 0.408 e. The Morgan fingerprint density at radius 1 is 0.794 bits per heavy atom. The summed E-state index contributed by atoms with van der Waals surface area (Å²) in [5, 5.41) is 14.3. The Morgan fingerprint density at radius 3 is 1.82 bits per heavy atom. The van der Waals surface area contributed by atoms with Crippen LogP contribution in [0.2, 0.25) is 0 Å². The number of carboxylic acids is 1. The number of carboxylic acid groups (broad SMARTS) is 1. The molecule has 2 amide bonds. The highest BCUT2D eigenvalue weighted by Crippen LogP contribution is 2.09. The summed E-state index contributed by atoms with van der Waals surface area (Å²) < 4.78 is 10.3. The van der Waals surface area contributed by atoms with Crippen molar-refractivity contribution in [3.63, 3.8) is 0 Å². The molecule has 0 aliphatic carbocycles. The minimum absolute atomic E-state index is 0.00918. The first kappa shape index (κ1) is 26.4. The predicted octanol–water partition coefficient (Wildman–Crippen LogP) is 3.03. The van der Waals surface area contributed by atoms with Crippen LogP contribution < -0.4 is 10.6 Å². The molecule has 2 atom stereocenters. The Balaban J connectivity index is 1.92. The van der Waals surface area contributed by atoms with Gasteiger partial charge in [-0.05, 0) is 23.5 Å². The van der Waals surface area contributed by atoms with Crippen molar-refractivity contribution in [2.45, 2.75) is 52.0 Å². The maximum atomic E-state index is 12.8. The van der Waals surface area contributed by atoms with Gasteiger partial charge in [0.25, 0.3) is 0 Å². The van der Waals surface area contributed by atoms with Crippen LogP contribution >= 0.6 is 0 Å². The number of nitrogens with one attached hydrogen (secondary N) is 2. The molecule has 9 nitrogen and oxygen atoms in total. The number of alkyl carbamates (subject to hydrolysis) is 1. The third-order valence-corrected chi connectivity index (χ3v) is 4.76. The van der Waals surface area contributed by atoms with Crippen LogP contribution in [0.1, 0.15) is 37.8 Å². The lowest BCUT2D eigenvalue weighted by Crippen LogP contribution is -2.52. The molecule has 2 aromatic rings. The lowest BCUT2D eigenvalue weighted by atomic mass is 10.0. The Bertz CT molecular complexity index is 948. The van der Waals surface area contributed by atoms with Gasteiger partial charge in [0.05, 0.1) is 6.42 Å². The van der Waals surface area contributed by atoms with E-state index in [1.54, 1.807) is 36.4 Å². The largest absolute Gasteiger partial charge is 0.480 e. The van der Waals surface area contributed by atoms with Gasteiger partial charge in [-0.15, -0.1) is 0 Å². The molecule has 0 fully saturated rings. The Kier molecular flexibility index (Phi) is 10.6. The van der Waals surface area contributed by atoms with E-state index in [-0.39, 0.29) is 25.6 Å². The van der Waals surface area contributed by atoms with E-state index in [2.05, 4.69) is 10.6 Å². The van der Waals surface area contributed by atoms with Crippen molar-refractivity contribution in [3.05, 3.63) is 71.8 Å². The first-order valence-electron chi connectivity index (χ1n) is 10.9. The normalized spacial score (nSPS) is 12.3. The van der Waals surface area contributed by atoms with Crippen molar-refractivity contribution in [2.75, 3.05) is 0 Å². The van der Waals surface area contributed by atoms with E-state index < -0.39 is 42.4 Å². The quantitative estimate of drug-likeness (QED) is 0.406. The van der Waals surface area contributed by atoms with Crippen LogP contribution in [0, 0.1) is 5.92 Å². The average molecular weight is 471 g/mol. The zero-order valence-corrected chi connectivity index (χ0v) is 19.2. The van der Waals surface area contributed by atoms with Crippen molar-refractivity contribution in [1.29, 1.82) is 0 Å². The summed E-state index contributed by atoms with van der Waals surface area (Å²) in [6.45, 7) is 3.72. The lowest BCUT2D eigenvalue weighted by Gasteiger charge is -2.22. The Labute approximate surface area is 198 Å². The molecule has 0 saturated heterocycles. The molecule has 182 valence electrons. The molecule has 2 aromatic carbocycles. The average Bonchev–Trinajstić information content (AvgIpc) is 2.81. The fourth-order valence-corrected chi connectivity index (χ4v) is 3.05. The number of carbonyl (C=O) groups excluding carboxylic acids is 3. The van der Waals surface area contributed by atoms with Crippen LogP contribution in [-0.2, 0) is 37.1 Å². The highest BCUT2D eigenvalue weighted by atomic mass is 16.5. The molecule has 34 heavy (non-hydrogen) atoms. The highest BCUT2D eigenvalue weighted by Gasteiger charge is 2.29. The van der Waals surface area contributed by atoms with Gasteiger partial charge in [0.15, 0.2) is 0 Å². The zero-order valence-electron chi connectivity index (χ0n) is 19.2. The van der Waals surface area contributed by atoms with Crippen molar-refractivity contribution in [2.24, 2.45) is 5.92 Å². The van der Waals surface area contributed by atoms with E-state index >= 15 is 0 Å². The number of aliphatic carboxylic acids is 1. The third-order valence-electron chi connectivity index (χ3n) is 4.76. The van der Waals surface area contributed by atoms with Gasteiger partial charge in [0.1, 0.15) is 25.3 Å². The maximum absolute atomic E-state index is 12.8. The van der Waals surface area contributed by atoms with Crippen molar-refractivity contribution in [3.8, 4) is 0 Å². The van der Waals surface area contributed by atoms with Gasteiger partial charge < -0.3 is 25.2 Å². The van der Waals surface area contributed by atoms with E-state index in [1.165, 1.54) is 0 Å². The Morgan fingerprint density at radius 2 is 1.32 bits per heavy atom. The van der Waals surface area contributed by atoms with Crippen LogP contribution in [0.5, 0.6) is 0 Å². The van der Waals surface area contributed by atoms with Crippen LogP contribution in [0.25, 0.3) is 0 Å². The van der Waals surface area contributed by atoms with Gasteiger partial charge in [-0.25, -0.2) is 9.59 Å². The van der Waals surface area contributed by atoms with Gasteiger partial charge in [-0.1, -0.05) is 74.5 Å². The first-order valence-corrected chi connectivity index (χ1v) is 10.9. The lowest BCUT2D eigenvalue weighted by molar-refractivity contribution is -0.151. The molecule has 0 spiro atoms. The predicted molar refractivity (Wildman–Crippen MR) is 123 cm³/mol. The fraction of sp³-hybridized carbons (Fsp3) is 0.360. The second-order valence-corrected chi connectivity index (χ2v) is 8.14. The van der Waals surface area contributed by atoms with Crippen LogP contribution in [0.15, 0.2) is 60.7 Å². The van der Waals surface area contributed by atoms with Gasteiger partial charge in [0, 0.05) is 0 Å². The van der Waals surface area contributed by atoms with E-state index in [1.807, 2.05) is 38.1 Å². The zero-order chi connectivity index (χ0) is 24.9. The van der Waals surface area contributed by atoms with Crippen molar-refractivity contribution < 1.29 is 33.8 Å². The molecule has 0 heterocycles. The van der Waals surface area contributed by atoms with E-state index in [4.69, 9.17) is 9.47 Å². The second-order valence-electron chi connectivity index (χ2n) is 8.14. The summed E-state index contributed by atoms with van der Waals surface area (Å²) in [6, 6.07) is 15.4. The number of hydrogen-bond donors (Lipinski definition) is 3. The third kappa shape index (κ3) is 9.72. The minimum atomic E-state index is -1.51. The molecule has 9 heteroatoms. The van der Waals surface area contributed by atoms with Crippen molar-refractivity contribution in [1.82, 2.24) is 10.6 Å². The molecule has 3 N–H and O–H groups in total. The summed E-state index contributed by atoms with van der Waals surface area (Å²) in [6.07, 6.45) is -1.11. The van der Waals surface area contributed by atoms with Crippen LogP contribution in [0.3, 0.4) is 0 Å². The van der Waals surface area contributed by atoms with E-state index in [9.17, 15) is 24.3 Å². The first-order chi connectivity index (χ1) is 16.2. The molecule has 0 unspecified atom stereocenters. The summed E-state index contributed by atoms with van der Waals surface area (Å²) in [5.74, 6) is -2.87. The van der Waals surface area contributed by atoms with Crippen LogP contribution in [-0.4, -0.2) is 41.1 Å². The Hall–Kier alpha value is -3.88. The van der Waals surface area contributed by atoms with Crippen molar-refractivity contribution >= 4 is 23.9 Å². The second kappa shape index (κ2) is 13.6. The molecular weight excluding hydrogens is 440 g/mol. The van der Waals surface area contributed by atoms with Gasteiger partial charge in [-0.2, -0.15) is 0 Å². The molecule has 0 radical (unpaired) electrons. The molecule has 0 bridgehead atoms. The highest BCUT2D eigenvalue weighted by molar-refractivity contribution is 5.91. The number of benzene rings is 2. The van der Waals surface area contributed by atoms with E-state index in [0.29, 0.717) is 0 Å². The monoisotopic (exact) mass is 470 g/mol. The topological polar surface area (TPSA) is 131 Å². The van der Waals surface area contributed by atoms with Gasteiger partial charge in [0.2, 0.25) is 5.91 Å². The smallest absolute Gasteiger partial charge is 0.408 e. The number of amides is 2. The minimum Gasteiger partial charge on any atom is -0.480 e. The summed E-state index contributed by atoms with van der Waals surface area (Å²) in [5.41, 5.74) is 1.53. The number of hydrogen-bond acceptors (Lipinski definition) is 6. The summed E-state index contributed by atoms with van der Waals surface area (Å²) >= 11 is 0. The van der Waals surface area contributed by atoms with Gasteiger partial charge in [-0.3, -0.25) is 9.59 Å². The van der Waals surface area contributed by atoms with Crippen LogP contribution in [0.4, 0.5) is 4.79 Å². The summed E-state index contributed by atoms with van der Waals surface area (Å²) in [7, 11) is 0. The van der Waals surface area contributed by atoms with E-state index in [0.717, 1.165) is 11.1 Å². The standard InChI is InChI=1S/C25H30N2O7/c1-17(2)13-20(27-25(32)34-16-19-11-7-4-8-12-19)23(29)26-21(24(30)31)14-22(28)33-15-18-9-5-3-6-10-18/h3-12,17,20-21H,13-16H2,1-2H3,(H,26,29)(H,27,32)(H,30,31)/t20-,21+/m0/s1. The van der Waals surface area contributed by atoms with Gasteiger partial charge >= 0.3 is 18.0 Å². The molecule has 0 aliphatic rings. The number of rotatable bonds is 12. The summed E-state index contributed by atoms with van der Waals surface area (Å²) in [4.78, 5) is 48.8. The number of ether oxygens (including phenoxy) is 2. The molecule has 0 aromatic heterocycles. The number of esters is 1. The molecule has 0 saturated carbocycles. The molecule has 0 aliphatic heterocycles. The SMILES string of the molecule is CC(C)C[C@H](NC(=O)OCc1ccccc1)C(=O)N[C@H](CC(=O)OCc1ccccc1)C(=O)O. The molecule has 2 rings (SSSR count). The fourth-order valence-electron chi connectivity index (χ4n) is 3.05.